The number of carboxylic acid groups (broad SMARTS) is 1. The number of anilines is 1. The first kappa shape index (κ1) is 15.3. The van der Waals surface area contributed by atoms with Gasteiger partial charge in [-0.1, -0.05) is 27.5 Å². The molecule has 0 aromatic heterocycles. The van der Waals surface area contributed by atoms with Crippen LogP contribution >= 0.6 is 27.5 Å². The molecule has 2 aromatic rings. The summed E-state index contributed by atoms with van der Waals surface area (Å²) in [5, 5.41) is 21.6. The van der Waals surface area contributed by atoms with Gasteiger partial charge in [0.25, 0.3) is 5.91 Å². The fourth-order valence-corrected chi connectivity index (χ4v) is 2.22. The number of phenolic OH excluding ortho intramolecular Hbond substituents is 1. The van der Waals surface area contributed by atoms with E-state index in [0.29, 0.717) is 9.50 Å². The summed E-state index contributed by atoms with van der Waals surface area (Å²) in [5.41, 5.74) is 0.0647. The van der Waals surface area contributed by atoms with Crippen LogP contribution in [-0.4, -0.2) is 22.1 Å². The number of phenols is 1. The second kappa shape index (κ2) is 6.15. The zero-order valence-electron chi connectivity index (χ0n) is 10.4. The number of carboxylic acids is 1. The molecule has 0 radical (unpaired) electrons. The highest BCUT2D eigenvalue weighted by atomic mass is 79.9. The number of benzene rings is 2. The van der Waals surface area contributed by atoms with E-state index in [2.05, 4.69) is 21.2 Å². The van der Waals surface area contributed by atoms with E-state index >= 15 is 0 Å². The van der Waals surface area contributed by atoms with Gasteiger partial charge in [0.15, 0.2) is 0 Å². The molecule has 2 rings (SSSR count). The number of aromatic hydroxyl groups is 1. The third-order valence-electron chi connectivity index (χ3n) is 2.66. The minimum absolute atomic E-state index is 0.00124. The quantitative estimate of drug-likeness (QED) is 0.768. The normalized spacial score (nSPS) is 10.2. The third-order valence-corrected chi connectivity index (χ3v) is 3.39. The summed E-state index contributed by atoms with van der Waals surface area (Å²) in [6, 6.07) is 8.47. The van der Waals surface area contributed by atoms with Crippen LogP contribution in [0.2, 0.25) is 5.02 Å². The maximum atomic E-state index is 12.1. The minimum atomic E-state index is -1.17. The molecule has 0 aliphatic rings. The van der Waals surface area contributed by atoms with Gasteiger partial charge in [-0.3, -0.25) is 4.79 Å². The Morgan fingerprint density at radius 2 is 1.81 bits per heavy atom. The van der Waals surface area contributed by atoms with Gasteiger partial charge in [-0.25, -0.2) is 4.79 Å². The minimum Gasteiger partial charge on any atom is -0.507 e. The van der Waals surface area contributed by atoms with Crippen LogP contribution in [0.1, 0.15) is 20.7 Å². The topological polar surface area (TPSA) is 86.6 Å². The maximum Gasteiger partial charge on any atom is 0.337 e. The lowest BCUT2D eigenvalue weighted by Gasteiger charge is -2.10. The second-order valence-corrected chi connectivity index (χ2v) is 5.46. The summed E-state index contributed by atoms with van der Waals surface area (Å²) in [6.07, 6.45) is 0. The maximum absolute atomic E-state index is 12.1. The summed E-state index contributed by atoms with van der Waals surface area (Å²) in [4.78, 5) is 23.3. The predicted molar refractivity (Wildman–Crippen MR) is 82.2 cm³/mol. The van der Waals surface area contributed by atoms with Crippen LogP contribution in [0.5, 0.6) is 5.75 Å². The van der Waals surface area contributed by atoms with Gasteiger partial charge in [0.2, 0.25) is 0 Å². The highest BCUT2D eigenvalue weighted by Crippen LogP contribution is 2.25. The monoisotopic (exact) mass is 369 g/mol. The van der Waals surface area contributed by atoms with E-state index in [1.807, 2.05) is 0 Å². The summed E-state index contributed by atoms with van der Waals surface area (Å²) in [5.74, 6) is -2.09. The summed E-state index contributed by atoms with van der Waals surface area (Å²) >= 11 is 8.86. The van der Waals surface area contributed by atoms with Gasteiger partial charge < -0.3 is 15.5 Å². The molecule has 1 amide bonds. The SMILES string of the molecule is O=C(Nc1ccc(Br)cc1C(=O)O)c1ccc(Cl)cc1O. The van der Waals surface area contributed by atoms with Gasteiger partial charge in [0.05, 0.1) is 16.8 Å². The molecule has 0 aliphatic heterocycles. The lowest BCUT2D eigenvalue weighted by atomic mass is 10.1. The molecule has 0 spiro atoms. The number of carbonyl (C=O) groups is 2. The van der Waals surface area contributed by atoms with Crippen LogP contribution in [0.4, 0.5) is 5.69 Å². The molecule has 0 unspecified atom stereocenters. The number of carbonyl (C=O) groups excluding carboxylic acids is 1. The standard InChI is InChI=1S/C14H9BrClNO4/c15-7-1-4-11(10(5-7)14(20)21)17-13(19)9-3-2-8(16)6-12(9)18/h1-6,18H,(H,17,19)(H,20,21). The third kappa shape index (κ3) is 3.53. The number of rotatable bonds is 3. The van der Waals surface area contributed by atoms with Gasteiger partial charge in [0.1, 0.15) is 5.75 Å². The van der Waals surface area contributed by atoms with Crippen molar-refractivity contribution in [3.05, 3.63) is 57.0 Å². The predicted octanol–water partition coefficient (Wildman–Crippen LogP) is 3.76. The average molecular weight is 371 g/mol. The molecule has 7 heteroatoms. The lowest BCUT2D eigenvalue weighted by molar-refractivity contribution is 0.0698. The van der Waals surface area contributed by atoms with Gasteiger partial charge in [0, 0.05) is 9.50 Å². The Kier molecular flexibility index (Phi) is 4.50. The number of hydrogen-bond acceptors (Lipinski definition) is 3. The average Bonchev–Trinajstić information content (AvgIpc) is 2.40. The molecule has 2 aromatic carbocycles. The summed E-state index contributed by atoms with van der Waals surface area (Å²) in [6.45, 7) is 0. The lowest BCUT2D eigenvalue weighted by Crippen LogP contribution is -2.15. The fraction of sp³-hybridized carbons (Fsp3) is 0. The number of amides is 1. The fourth-order valence-electron chi connectivity index (χ4n) is 1.69. The zero-order valence-corrected chi connectivity index (χ0v) is 12.8. The first-order chi connectivity index (χ1) is 9.88. The number of hydrogen-bond donors (Lipinski definition) is 3. The van der Waals surface area contributed by atoms with E-state index < -0.39 is 11.9 Å². The molecule has 0 saturated carbocycles. The van der Waals surface area contributed by atoms with E-state index in [1.165, 1.54) is 30.3 Å². The first-order valence-corrected chi connectivity index (χ1v) is 6.88. The van der Waals surface area contributed by atoms with E-state index in [1.54, 1.807) is 6.07 Å². The van der Waals surface area contributed by atoms with Gasteiger partial charge in [-0.15, -0.1) is 0 Å². The molecule has 5 nitrogen and oxygen atoms in total. The van der Waals surface area contributed by atoms with E-state index in [0.717, 1.165) is 0 Å². The highest BCUT2D eigenvalue weighted by Gasteiger charge is 2.16. The number of halogens is 2. The van der Waals surface area contributed by atoms with Crippen LogP contribution in [-0.2, 0) is 0 Å². The molecule has 0 aliphatic carbocycles. The molecule has 21 heavy (non-hydrogen) atoms. The molecular formula is C14H9BrClNO4. The van der Waals surface area contributed by atoms with Crippen LogP contribution < -0.4 is 5.32 Å². The van der Waals surface area contributed by atoms with Crippen molar-refractivity contribution < 1.29 is 19.8 Å². The molecule has 0 saturated heterocycles. The van der Waals surface area contributed by atoms with Gasteiger partial charge >= 0.3 is 5.97 Å². The molecule has 0 bridgehead atoms. The van der Waals surface area contributed by atoms with Crippen molar-refractivity contribution in [1.29, 1.82) is 0 Å². The van der Waals surface area contributed by atoms with E-state index in [4.69, 9.17) is 16.7 Å². The van der Waals surface area contributed by atoms with Gasteiger partial charge in [-0.2, -0.15) is 0 Å². The molecule has 0 atom stereocenters. The van der Waals surface area contributed by atoms with E-state index in [-0.39, 0.29) is 22.6 Å². The van der Waals surface area contributed by atoms with Crippen molar-refractivity contribution in [2.45, 2.75) is 0 Å². The molecule has 0 heterocycles. The summed E-state index contributed by atoms with van der Waals surface area (Å²) < 4.78 is 0.576. The van der Waals surface area contributed by atoms with Crippen molar-refractivity contribution in [3.8, 4) is 5.75 Å². The van der Waals surface area contributed by atoms with Crippen LogP contribution in [0.3, 0.4) is 0 Å². The van der Waals surface area contributed by atoms with Crippen molar-refractivity contribution in [2.75, 3.05) is 5.32 Å². The Morgan fingerprint density at radius 3 is 2.43 bits per heavy atom. The Labute approximate surface area is 133 Å². The van der Waals surface area contributed by atoms with Gasteiger partial charge in [-0.05, 0) is 36.4 Å². The molecular weight excluding hydrogens is 362 g/mol. The Morgan fingerprint density at radius 1 is 1.10 bits per heavy atom. The summed E-state index contributed by atoms with van der Waals surface area (Å²) in [7, 11) is 0. The van der Waals surface area contributed by atoms with Crippen molar-refractivity contribution in [1.82, 2.24) is 0 Å². The highest BCUT2D eigenvalue weighted by molar-refractivity contribution is 9.10. The first-order valence-electron chi connectivity index (χ1n) is 5.71. The second-order valence-electron chi connectivity index (χ2n) is 4.11. The molecule has 3 N–H and O–H groups in total. The van der Waals surface area contributed by atoms with Crippen molar-refractivity contribution in [2.24, 2.45) is 0 Å². The molecule has 0 fully saturated rings. The van der Waals surface area contributed by atoms with E-state index in [9.17, 15) is 14.7 Å². The van der Waals surface area contributed by atoms with Crippen molar-refractivity contribution in [3.63, 3.8) is 0 Å². The largest absolute Gasteiger partial charge is 0.507 e. The Bertz CT molecular complexity index is 733. The zero-order chi connectivity index (χ0) is 15.6. The van der Waals surface area contributed by atoms with Crippen LogP contribution in [0, 0.1) is 0 Å². The number of nitrogens with one attached hydrogen (secondary N) is 1. The van der Waals surface area contributed by atoms with Crippen LogP contribution in [0.25, 0.3) is 0 Å². The number of aromatic carboxylic acids is 1. The Balaban J connectivity index is 2.34. The van der Waals surface area contributed by atoms with Crippen LogP contribution in [0.15, 0.2) is 40.9 Å². The Hall–Kier alpha value is -2.05. The smallest absolute Gasteiger partial charge is 0.337 e. The molecule has 108 valence electrons. The van der Waals surface area contributed by atoms with Crippen molar-refractivity contribution >= 4 is 45.1 Å².